The number of hydrogen-bond acceptors (Lipinski definition) is 4. The van der Waals surface area contributed by atoms with E-state index in [0.29, 0.717) is 5.69 Å². The molecule has 0 radical (unpaired) electrons. The van der Waals surface area contributed by atoms with Gasteiger partial charge in [0.15, 0.2) is 5.57 Å². The van der Waals surface area contributed by atoms with Gasteiger partial charge in [-0.25, -0.2) is 0 Å². The number of nitriles is 3. The molecule has 0 aromatic heterocycles. The number of aryl methyl sites for hydroxylation is 1. The molecule has 4 nitrogen and oxygen atoms in total. The number of halogens is 2. The lowest BCUT2D eigenvalue weighted by molar-refractivity contribution is 1.33. The number of nitrogens with zero attached hydrogens (tertiary/aromatic N) is 3. The molecule has 1 rings (SSSR count). The van der Waals surface area contributed by atoms with Crippen LogP contribution in [0.5, 0.6) is 0 Å². The predicted molar refractivity (Wildman–Crippen MR) is 74.1 cm³/mol. The van der Waals surface area contributed by atoms with Gasteiger partial charge < -0.3 is 5.32 Å². The molecule has 6 heteroatoms. The fourth-order valence-corrected chi connectivity index (χ4v) is 2.81. The number of nitrogens with one attached hydrogen (secondary N) is 1. The molecule has 1 aromatic rings. The summed E-state index contributed by atoms with van der Waals surface area (Å²) in [5.41, 5.74) is 1.22. The van der Waals surface area contributed by atoms with E-state index in [-0.39, 0.29) is 11.3 Å². The van der Waals surface area contributed by atoms with E-state index in [1.807, 2.05) is 25.1 Å². The van der Waals surface area contributed by atoms with Gasteiger partial charge in [0.25, 0.3) is 0 Å². The van der Waals surface area contributed by atoms with Crippen LogP contribution in [-0.4, -0.2) is 0 Å². The third kappa shape index (κ3) is 3.11. The maximum atomic E-state index is 8.96. The molecule has 0 atom stereocenters. The summed E-state index contributed by atoms with van der Waals surface area (Å²) in [7, 11) is 0. The maximum absolute atomic E-state index is 8.96. The van der Waals surface area contributed by atoms with Gasteiger partial charge in [-0.15, -0.1) is 0 Å². The van der Waals surface area contributed by atoms with Crippen molar-refractivity contribution >= 4 is 37.5 Å². The zero-order chi connectivity index (χ0) is 13.7. The SMILES string of the molecule is Cc1cc(Br)cc(Br)c1NC(C#N)=C(C#N)C#N. The lowest BCUT2D eigenvalue weighted by Crippen LogP contribution is -2.03. The second kappa shape index (κ2) is 6.21. The van der Waals surface area contributed by atoms with Crippen LogP contribution in [0.4, 0.5) is 5.69 Å². The van der Waals surface area contributed by atoms with Crippen LogP contribution in [0.2, 0.25) is 0 Å². The van der Waals surface area contributed by atoms with E-state index < -0.39 is 0 Å². The molecule has 0 aliphatic carbocycles. The largest absolute Gasteiger partial charge is 0.344 e. The summed E-state index contributed by atoms with van der Waals surface area (Å²) in [6, 6.07) is 8.85. The first-order valence-corrected chi connectivity index (χ1v) is 6.29. The molecule has 0 aliphatic heterocycles. The first kappa shape index (κ1) is 14.3. The van der Waals surface area contributed by atoms with Gasteiger partial charge in [-0.05, 0) is 40.5 Å². The zero-order valence-electron chi connectivity index (χ0n) is 9.25. The smallest absolute Gasteiger partial charge is 0.163 e. The molecular formula is C12H6Br2N4. The predicted octanol–water partition coefficient (Wildman–Crippen LogP) is 3.76. The fourth-order valence-electron chi connectivity index (χ4n) is 1.27. The summed E-state index contributed by atoms with van der Waals surface area (Å²) in [6.07, 6.45) is 0. The van der Waals surface area contributed by atoms with Crippen molar-refractivity contribution in [2.45, 2.75) is 6.92 Å². The topological polar surface area (TPSA) is 83.4 Å². The van der Waals surface area contributed by atoms with Crippen LogP contribution in [-0.2, 0) is 0 Å². The normalized spacial score (nSPS) is 8.67. The van der Waals surface area contributed by atoms with Crippen molar-refractivity contribution in [1.82, 2.24) is 0 Å². The second-order valence-corrected chi connectivity index (χ2v) is 5.06. The first-order valence-electron chi connectivity index (χ1n) is 4.70. The lowest BCUT2D eigenvalue weighted by atomic mass is 10.2. The van der Waals surface area contributed by atoms with Crippen molar-refractivity contribution in [3.63, 3.8) is 0 Å². The van der Waals surface area contributed by atoms with Crippen LogP contribution < -0.4 is 5.32 Å². The van der Waals surface area contributed by atoms with Crippen LogP contribution in [0.3, 0.4) is 0 Å². The van der Waals surface area contributed by atoms with E-state index in [4.69, 9.17) is 15.8 Å². The molecule has 88 valence electrons. The van der Waals surface area contributed by atoms with Crippen molar-refractivity contribution in [1.29, 1.82) is 15.8 Å². The maximum Gasteiger partial charge on any atom is 0.163 e. The van der Waals surface area contributed by atoms with Crippen molar-refractivity contribution in [3.8, 4) is 18.2 Å². The van der Waals surface area contributed by atoms with Crippen molar-refractivity contribution < 1.29 is 0 Å². The summed E-state index contributed by atoms with van der Waals surface area (Å²) >= 11 is 6.71. The minimum Gasteiger partial charge on any atom is -0.344 e. The molecule has 0 unspecified atom stereocenters. The molecule has 0 fully saturated rings. The number of rotatable bonds is 2. The van der Waals surface area contributed by atoms with Crippen LogP contribution in [0.15, 0.2) is 32.3 Å². The Morgan fingerprint density at radius 1 is 1.11 bits per heavy atom. The summed E-state index contributed by atoms with van der Waals surface area (Å²) < 4.78 is 1.62. The number of anilines is 1. The van der Waals surface area contributed by atoms with E-state index >= 15 is 0 Å². The minimum atomic E-state index is -0.244. The number of benzene rings is 1. The molecule has 0 aliphatic rings. The van der Waals surface area contributed by atoms with Gasteiger partial charge in [-0.3, -0.25) is 0 Å². The summed E-state index contributed by atoms with van der Waals surface area (Å²) in [4.78, 5) is 0. The summed E-state index contributed by atoms with van der Waals surface area (Å²) in [6.45, 7) is 1.85. The van der Waals surface area contributed by atoms with Gasteiger partial charge in [0.05, 0.1) is 5.69 Å². The average Bonchev–Trinajstić information content (AvgIpc) is 2.32. The van der Waals surface area contributed by atoms with Gasteiger partial charge in [0.1, 0.15) is 23.9 Å². The van der Waals surface area contributed by atoms with Crippen molar-refractivity contribution in [3.05, 3.63) is 37.9 Å². The van der Waals surface area contributed by atoms with Crippen LogP contribution in [0.1, 0.15) is 5.56 Å². The molecular weight excluding hydrogens is 360 g/mol. The third-order valence-corrected chi connectivity index (χ3v) is 3.17. The Kier molecular flexibility index (Phi) is 4.92. The number of allylic oxidation sites excluding steroid dienone is 2. The van der Waals surface area contributed by atoms with Crippen LogP contribution in [0, 0.1) is 40.9 Å². The van der Waals surface area contributed by atoms with Crippen LogP contribution >= 0.6 is 31.9 Å². The Balaban J connectivity index is 3.30. The minimum absolute atomic E-state index is 0.0638. The highest BCUT2D eigenvalue weighted by atomic mass is 79.9. The third-order valence-electron chi connectivity index (χ3n) is 2.09. The molecule has 0 spiro atoms. The zero-order valence-corrected chi connectivity index (χ0v) is 12.4. The van der Waals surface area contributed by atoms with Crippen molar-refractivity contribution in [2.24, 2.45) is 0 Å². The molecule has 0 saturated carbocycles. The Hall–Kier alpha value is -1.81. The monoisotopic (exact) mass is 364 g/mol. The molecule has 18 heavy (non-hydrogen) atoms. The van der Waals surface area contributed by atoms with Gasteiger partial charge >= 0.3 is 0 Å². The molecule has 0 heterocycles. The lowest BCUT2D eigenvalue weighted by Gasteiger charge is -2.11. The van der Waals surface area contributed by atoms with Gasteiger partial charge in [0.2, 0.25) is 0 Å². The molecule has 1 N–H and O–H groups in total. The van der Waals surface area contributed by atoms with Gasteiger partial charge in [0, 0.05) is 8.95 Å². The van der Waals surface area contributed by atoms with E-state index in [0.717, 1.165) is 14.5 Å². The van der Waals surface area contributed by atoms with Gasteiger partial charge in [-0.2, -0.15) is 15.8 Å². The Labute approximate surface area is 121 Å². The molecule has 0 bridgehead atoms. The highest BCUT2D eigenvalue weighted by Crippen LogP contribution is 2.31. The van der Waals surface area contributed by atoms with Crippen LogP contribution in [0.25, 0.3) is 0 Å². The quantitative estimate of drug-likeness (QED) is 0.808. The van der Waals surface area contributed by atoms with E-state index in [2.05, 4.69) is 37.2 Å². The first-order chi connectivity index (χ1) is 8.53. The van der Waals surface area contributed by atoms with Crippen molar-refractivity contribution in [2.75, 3.05) is 5.32 Å². The summed E-state index contributed by atoms with van der Waals surface area (Å²) in [5.74, 6) is 0. The second-order valence-electron chi connectivity index (χ2n) is 3.29. The molecule has 0 amide bonds. The highest BCUT2D eigenvalue weighted by molar-refractivity contribution is 9.11. The van der Waals surface area contributed by atoms with E-state index in [1.54, 1.807) is 12.1 Å². The highest BCUT2D eigenvalue weighted by Gasteiger charge is 2.11. The average molecular weight is 366 g/mol. The fraction of sp³-hybridized carbons (Fsp3) is 0.0833. The molecule has 0 saturated heterocycles. The van der Waals surface area contributed by atoms with E-state index in [1.165, 1.54) is 0 Å². The Morgan fingerprint density at radius 2 is 1.72 bits per heavy atom. The molecule has 1 aromatic carbocycles. The Bertz CT molecular complexity index is 603. The number of hydrogen-bond donors (Lipinski definition) is 1. The van der Waals surface area contributed by atoms with Gasteiger partial charge in [-0.1, -0.05) is 15.9 Å². The Morgan fingerprint density at radius 3 is 2.17 bits per heavy atom. The standard InChI is InChI=1S/C12H6Br2N4/c1-7-2-9(13)3-10(14)12(7)18-11(6-17)8(4-15)5-16/h2-3,18H,1H3. The summed E-state index contributed by atoms with van der Waals surface area (Å²) in [5, 5.41) is 29.3. The van der Waals surface area contributed by atoms with E-state index in [9.17, 15) is 0 Å².